The molecular formula is C14H24N4S. The number of hydrogen-bond acceptors (Lipinski definition) is 3. The van der Waals surface area contributed by atoms with Crippen molar-refractivity contribution >= 4 is 17.3 Å². The molecule has 0 atom stereocenters. The third-order valence-electron chi connectivity index (χ3n) is 3.09. The lowest BCUT2D eigenvalue weighted by Crippen LogP contribution is -2.45. The van der Waals surface area contributed by atoms with Crippen LogP contribution in [0.4, 0.5) is 0 Å². The Kier molecular flexibility index (Phi) is 4.47. The number of guanidine groups is 1. The second-order valence-corrected chi connectivity index (χ2v) is 7.04. The van der Waals surface area contributed by atoms with Gasteiger partial charge in [-0.25, -0.2) is 0 Å². The first-order chi connectivity index (χ1) is 8.94. The van der Waals surface area contributed by atoms with E-state index >= 15 is 0 Å². The summed E-state index contributed by atoms with van der Waals surface area (Å²) in [5.74, 6) is 0.542. The summed E-state index contributed by atoms with van der Waals surface area (Å²) in [5, 5.41) is 5.37. The van der Waals surface area contributed by atoms with Crippen molar-refractivity contribution in [1.29, 1.82) is 0 Å². The molecule has 0 bridgehead atoms. The minimum absolute atomic E-state index is 0.0235. The Balaban J connectivity index is 1.77. The van der Waals surface area contributed by atoms with Gasteiger partial charge >= 0.3 is 0 Å². The molecule has 2 rings (SSSR count). The number of aliphatic imine (C=N–C) groups is 1. The van der Waals surface area contributed by atoms with E-state index < -0.39 is 0 Å². The molecule has 19 heavy (non-hydrogen) atoms. The summed E-state index contributed by atoms with van der Waals surface area (Å²) >= 11 is 1.88. The van der Waals surface area contributed by atoms with Gasteiger partial charge in [0.05, 0.1) is 6.54 Å². The normalized spacial score (nSPS) is 17.3. The smallest absolute Gasteiger partial charge is 0.189 e. The lowest BCUT2D eigenvalue weighted by Gasteiger charge is -2.26. The van der Waals surface area contributed by atoms with Crippen LogP contribution in [-0.4, -0.2) is 36.0 Å². The Labute approximate surface area is 119 Å². The van der Waals surface area contributed by atoms with Crippen molar-refractivity contribution in [1.82, 2.24) is 10.2 Å². The predicted molar refractivity (Wildman–Crippen MR) is 82.7 cm³/mol. The fraction of sp³-hybridized carbons (Fsp3) is 0.643. The number of nitrogens with two attached hydrogens (primary N) is 1. The van der Waals surface area contributed by atoms with E-state index in [4.69, 9.17) is 5.73 Å². The number of thiophene rings is 1. The average molecular weight is 280 g/mol. The van der Waals surface area contributed by atoms with Gasteiger partial charge in [0.25, 0.3) is 0 Å². The summed E-state index contributed by atoms with van der Waals surface area (Å²) in [6.07, 6.45) is 1.17. The van der Waals surface area contributed by atoms with Gasteiger partial charge in [0, 0.05) is 30.1 Å². The zero-order chi connectivity index (χ0) is 13.9. The highest BCUT2D eigenvalue weighted by atomic mass is 32.1. The first kappa shape index (κ1) is 14.3. The summed E-state index contributed by atoms with van der Waals surface area (Å²) in [5.41, 5.74) is 7.32. The second-order valence-electron chi connectivity index (χ2n) is 6.04. The van der Waals surface area contributed by atoms with E-state index in [1.165, 1.54) is 12.0 Å². The number of fused-ring (bicyclic) bond motifs is 1. The van der Waals surface area contributed by atoms with Gasteiger partial charge in [0.1, 0.15) is 0 Å². The molecule has 0 unspecified atom stereocenters. The van der Waals surface area contributed by atoms with E-state index in [1.54, 1.807) is 4.88 Å². The molecule has 4 nitrogen and oxygen atoms in total. The number of nitrogens with zero attached hydrogens (tertiary/aromatic N) is 2. The van der Waals surface area contributed by atoms with Crippen LogP contribution in [0, 0.1) is 0 Å². The standard InChI is InChI=1S/C14H24N4S/c1-14(2,3)17-13(15)16-6-8-18-7-4-12-11(10-18)5-9-19-12/h5,9H,4,6-8,10H2,1-3H3,(H3,15,16,17). The van der Waals surface area contributed by atoms with Crippen molar-refractivity contribution in [3.63, 3.8) is 0 Å². The Morgan fingerprint density at radius 1 is 1.53 bits per heavy atom. The molecule has 3 N–H and O–H groups in total. The Morgan fingerprint density at radius 2 is 2.32 bits per heavy atom. The van der Waals surface area contributed by atoms with Crippen LogP contribution in [0.2, 0.25) is 0 Å². The van der Waals surface area contributed by atoms with E-state index in [0.29, 0.717) is 5.96 Å². The van der Waals surface area contributed by atoms with Crippen molar-refractivity contribution in [3.8, 4) is 0 Å². The minimum Gasteiger partial charge on any atom is -0.370 e. The molecule has 106 valence electrons. The molecule has 5 heteroatoms. The molecule has 0 radical (unpaired) electrons. The van der Waals surface area contributed by atoms with Gasteiger partial charge in [-0.2, -0.15) is 0 Å². The summed E-state index contributed by atoms with van der Waals surface area (Å²) in [7, 11) is 0. The van der Waals surface area contributed by atoms with Gasteiger partial charge in [-0.1, -0.05) is 0 Å². The highest BCUT2D eigenvalue weighted by Gasteiger charge is 2.16. The first-order valence-corrected chi connectivity index (χ1v) is 7.68. The topological polar surface area (TPSA) is 53.6 Å². The molecule has 0 saturated carbocycles. The molecule has 0 amide bonds. The largest absolute Gasteiger partial charge is 0.370 e. The van der Waals surface area contributed by atoms with Crippen LogP contribution in [0.5, 0.6) is 0 Å². The predicted octanol–water partition coefficient (Wildman–Crippen LogP) is 1.81. The van der Waals surface area contributed by atoms with Crippen LogP contribution < -0.4 is 11.1 Å². The third-order valence-corrected chi connectivity index (χ3v) is 4.11. The van der Waals surface area contributed by atoms with E-state index in [9.17, 15) is 0 Å². The molecule has 0 aliphatic carbocycles. The molecule has 1 aliphatic heterocycles. The molecule has 0 fully saturated rings. The third kappa shape index (κ3) is 4.51. The first-order valence-electron chi connectivity index (χ1n) is 6.80. The van der Waals surface area contributed by atoms with Crippen LogP contribution in [0.25, 0.3) is 0 Å². The molecule has 2 heterocycles. The average Bonchev–Trinajstić information content (AvgIpc) is 2.73. The molecule has 0 aromatic carbocycles. The van der Waals surface area contributed by atoms with Gasteiger partial charge in [-0.3, -0.25) is 9.89 Å². The van der Waals surface area contributed by atoms with Crippen molar-refractivity contribution in [3.05, 3.63) is 21.9 Å². The van der Waals surface area contributed by atoms with Gasteiger partial charge in [0.2, 0.25) is 0 Å². The zero-order valence-electron chi connectivity index (χ0n) is 12.1. The maximum atomic E-state index is 5.86. The van der Waals surface area contributed by atoms with Crippen LogP contribution in [0.1, 0.15) is 31.2 Å². The molecule has 1 aromatic rings. The summed E-state index contributed by atoms with van der Waals surface area (Å²) in [6, 6.07) is 2.24. The molecule has 0 spiro atoms. The minimum atomic E-state index is -0.0235. The van der Waals surface area contributed by atoms with Crippen molar-refractivity contribution < 1.29 is 0 Å². The maximum absolute atomic E-state index is 5.86. The monoisotopic (exact) mass is 280 g/mol. The fourth-order valence-electron chi connectivity index (χ4n) is 2.23. The van der Waals surface area contributed by atoms with E-state index in [-0.39, 0.29) is 5.54 Å². The summed E-state index contributed by atoms with van der Waals surface area (Å²) in [6.45, 7) is 10.2. The van der Waals surface area contributed by atoms with Crippen LogP contribution >= 0.6 is 11.3 Å². The van der Waals surface area contributed by atoms with Crippen LogP contribution in [-0.2, 0) is 13.0 Å². The highest BCUT2D eigenvalue weighted by Crippen LogP contribution is 2.23. The van der Waals surface area contributed by atoms with Crippen molar-refractivity contribution in [2.24, 2.45) is 10.7 Å². The SMILES string of the molecule is CC(C)(C)NC(N)=NCCN1CCc2sccc2C1. The zero-order valence-corrected chi connectivity index (χ0v) is 12.9. The van der Waals surface area contributed by atoms with E-state index in [0.717, 1.165) is 26.2 Å². The molecule has 1 aliphatic rings. The lowest BCUT2D eigenvalue weighted by atomic mass is 10.1. The van der Waals surface area contributed by atoms with Gasteiger partial charge in [0.15, 0.2) is 5.96 Å². The van der Waals surface area contributed by atoms with Crippen molar-refractivity contribution in [2.45, 2.75) is 39.3 Å². The van der Waals surface area contributed by atoms with Gasteiger partial charge in [-0.15, -0.1) is 11.3 Å². The molecule has 0 saturated heterocycles. The Morgan fingerprint density at radius 3 is 3.05 bits per heavy atom. The molecular weight excluding hydrogens is 256 g/mol. The number of nitrogens with one attached hydrogen (secondary N) is 1. The van der Waals surface area contributed by atoms with E-state index in [1.807, 2.05) is 11.3 Å². The summed E-state index contributed by atoms with van der Waals surface area (Å²) < 4.78 is 0. The fourth-order valence-corrected chi connectivity index (χ4v) is 3.12. The van der Waals surface area contributed by atoms with E-state index in [2.05, 4.69) is 47.4 Å². The lowest BCUT2D eigenvalue weighted by molar-refractivity contribution is 0.263. The van der Waals surface area contributed by atoms with Crippen LogP contribution in [0.3, 0.4) is 0 Å². The van der Waals surface area contributed by atoms with Gasteiger partial charge < -0.3 is 11.1 Å². The summed E-state index contributed by atoms with van der Waals surface area (Å²) in [4.78, 5) is 8.39. The highest BCUT2D eigenvalue weighted by molar-refractivity contribution is 7.10. The second kappa shape index (κ2) is 5.92. The Bertz CT molecular complexity index is 445. The maximum Gasteiger partial charge on any atom is 0.189 e. The number of hydrogen-bond donors (Lipinski definition) is 2. The number of rotatable bonds is 3. The quantitative estimate of drug-likeness (QED) is 0.656. The van der Waals surface area contributed by atoms with Gasteiger partial charge in [-0.05, 0) is 44.2 Å². The van der Waals surface area contributed by atoms with Crippen molar-refractivity contribution in [2.75, 3.05) is 19.6 Å². The molecule has 1 aromatic heterocycles. The Hall–Kier alpha value is -1.07. The van der Waals surface area contributed by atoms with Crippen LogP contribution in [0.15, 0.2) is 16.4 Å².